The van der Waals surface area contributed by atoms with Gasteiger partial charge >= 0.3 is 0 Å². The van der Waals surface area contributed by atoms with E-state index in [1.54, 1.807) is 30.3 Å². The molecule has 3 nitrogen and oxygen atoms in total. The second-order valence-corrected chi connectivity index (χ2v) is 6.16. The molecule has 1 N–H and O–H groups in total. The molecule has 2 aromatic rings. The lowest BCUT2D eigenvalue weighted by atomic mass is 10.3. The lowest BCUT2D eigenvalue weighted by Gasteiger charge is -2.09. The smallest absolute Gasteiger partial charge is 0.262 e. The second kappa shape index (κ2) is 7.11. The van der Waals surface area contributed by atoms with Gasteiger partial charge in [0.15, 0.2) is 6.61 Å². The van der Waals surface area contributed by atoms with Crippen molar-refractivity contribution in [1.29, 1.82) is 0 Å². The number of halogens is 3. The molecule has 1 amide bonds. The summed E-state index contributed by atoms with van der Waals surface area (Å²) in [5.74, 6) is 0.229. The van der Waals surface area contributed by atoms with Crippen molar-refractivity contribution in [2.75, 3.05) is 11.9 Å². The molecule has 2 rings (SSSR count). The first kappa shape index (κ1) is 15.4. The second-order valence-electron chi connectivity index (χ2n) is 3.92. The third kappa shape index (κ3) is 4.51. The van der Waals surface area contributed by atoms with Crippen molar-refractivity contribution in [1.82, 2.24) is 0 Å². The summed E-state index contributed by atoms with van der Waals surface area (Å²) in [4.78, 5) is 11.7. The number of rotatable bonds is 4. The van der Waals surface area contributed by atoms with E-state index in [1.165, 1.54) is 0 Å². The minimum Gasteiger partial charge on any atom is -0.482 e. The Bertz CT molecular complexity index is 617. The van der Waals surface area contributed by atoms with Gasteiger partial charge in [-0.1, -0.05) is 43.5 Å². The van der Waals surface area contributed by atoms with E-state index in [-0.39, 0.29) is 12.5 Å². The Hall–Kier alpha value is -1.04. The highest BCUT2D eigenvalue weighted by Crippen LogP contribution is 2.27. The number of benzene rings is 2. The van der Waals surface area contributed by atoms with Gasteiger partial charge in [0.2, 0.25) is 0 Å². The quantitative estimate of drug-likeness (QED) is 0.767. The summed E-state index contributed by atoms with van der Waals surface area (Å²) in [5.41, 5.74) is 0.712. The van der Waals surface area contributed by atoms with Gasteiger partial charge in [-0.2, -0.15) is 0 Å². The fourth-order valence-corrected chi connectivity index (χ4v) is 2.46. The van der Waals surface area contributed by atoms with Crippen molar-refractivity contribution in [3.8, 4) is 5.75 Å². The first-order valence-electron chi connectivity index (χ1n) is 5.68. The normalized spacial score (nSPS) is 10.2. The van der Waals surface area contributed by atoms with E-state index in [9.17, 15) is 4.79 Å². The van der Waals surface area contributed by atoms with Crippen LogP contribution in [0.2, 0.25) is 5.02 Å². The molecule has 104 valence electrons. The van der Waals surface area contributed by atoms with Crippen molar-refractivity contribution in [2.24, 2.45) is 0 Å². The molecule has 6 heteroatoms. The number of hydrogen-bond donors (Lipinski definition) is 1. The van der Waals surface area contributed by atoms with Gasteiger partial charge < -0.3 is 10.1 Å². The van der Waals surface area contributed by atoms with Crippen LogP contribution in [0.4, 0.5) is 5.69 Å². The lowest BCUT2D eigenvalue weighted by molar-refractivity contribution is -0.118. The predicted octanol–water partition coefficient (Wildman–Crippen LogP) is 4.88. The van der Waals surface area contributed by atoms with E-state index in [0.29, 0.717) is 16.5 Å². The van der Waals surface area contributed by atoms with Crippen LogP contribution >= 0.6 is 43.5 Å². The van der Waals surface area contributed by atoms with Gasteiger partial charge in [0.1, 0.15) is 5.75 Å². The van der Waals surface area contributed by atoms with Crippen LogP contribution in [0.25, 0.3) is 0 Å². The van der Waals surface area contributed by atoms with Crippen LogP contribution in [0.3, 0.4) is 0 Å². The SMILES string of the molecule is O=C(COc1ccc(Br)cc1Cl)Nc1ccc(Br)cc1. The van der Waals surface area contributed by atoms with E-state index in [1.807, 2.05) is 12.1 Å². The summed E-state index contributed by atoms with van der Waals surface area (Å²) < 4.78 is 7.18. The van der Waals surface area contributed by atoms with Gasteiger partial charge in [-0.25, -0.2) is 0 Å². The zero-order chi connectivity index (χ0) is 14.5. The average Bonchev–Trinajstić information content (AvgIpc) is 2.40. The topological polar surface area (TPSA) is 38.3 Å². The van der Waals surface area contributed by atoms with Crippen LogP contribution in [0.15, 0.2) is 51.4 Å². The number of ether oxygens (including phenoxy) is 1. The predicted molar refractivity (Wildman–Crippen MR) is 87.4 cm³/mol. The monoisotopic (exact) mass is 417 g/mol. The highest BCUT2D eigenvalue weighted by molar-refractivity contribution is 9.10. The summed E-state index contributed by atoms with van der Waals surface area (Å²) in [6, 6.07) is 12.5. The van der Waals surface area contributed by atoms with Crippen LogP contribution in [-0.2, 0) is 4.79 Å². The maximum atomic E-state index is 11.7. The molecule has 2 aromatic carbocycles. The van der Waals surface area contributed by atoms with Gasteiger partial charge in [-0.15, -0.1) is 0 Å². The molecule has 0 heterocycles. The minimum atomic E-state index is -0.244. The van der Waals surface area contributed by atoms with Crippen molar-refractivity contribution >= 4 is 55.1 Å². The molecule has 0 bridgehead atoms. The van der Waals surface area contributed by atoms with Crippen molar-refractivity contribution in [2.45, 2.75) is 0 Å². The van der Waals surface area contributed by atoms with Crippen molar-refractivity contribution in [3.63, 3.8) is 0 Å². The first-order valence-corrected chi connectivity index (χ1v) is 7.64. The van der Waals surface area contributed by atoms with Crippen molar-refractivity contribution in [3.05, 3.63) is 56.4 Å². The van der Waals surface area contributed by atoms with Crippen LogP contribution in [-0.4, -0.2) is 12.5 Å². The van der Waals surface area contributed by atoms with Gasteiger partial charge in [-0.05, 0) is 42.5 Å². The number of carbonyl (C=O) groups is 1. The van der Waals surface area contributed by atoms with E-state index in [0.717, 1.165) is 8.95 Å². The molecule has 0 saturated carbocycles. The lowest BCUT2D eigenvalue weighted by Crippen LogP contribution is -2.20. The van der Waals surface area contributed by atoms with Crippen LogP contribution in [0.5, 0.6) is 5.75 Å². The van der Waals surface area contributed by atoms with E-state index in [2.05, 4.69) is 37.2 Å². The zero-order valence-electron chi connectivity index (χ0n) is 10.2. The molecule has 0 aromatic heterocycles. The number of amides is 1. The fourth-order valence-electron chi connectivity index (χ4n) is 1.47. The van der Waals surface area contributed by atoms with Gasteiger partial charge in [0.25, 0.3) is 5.91 Å². The van der Waals surface area contributed by atoms with Crippen LogP contribution in [0, 0.1) is 0 Å². The number of carbonyl (C=O) groups excluding carboxylic acids is 1. The van der Waals surface area contributed by atoms with Crippen LogP contribution < -0.4 is 10.1 Å². The molecule has 0 aliphatic heterocycles. The highest BCUT2D eigenvalue weighted by Gasteiger charge is 2.06. The molecule has 0 aliphatic rings. The maximum absolute atomic E-state index is 11.7. The number of nitrogens with one attached hydrogen (secondary N) is 1. The Balaban J connectivity index is 1.90. The van der Waals surface area contributed by atoms with Gasteiger partial charge in [-0.3, -0.25) is 4.79 Å². The molecular formula is C14H10Br2ClNO2. The average molecular weight is 420 g/mol. The zero-order valence-corrected chi connectivity index (χ0v) is 14.1. The molecule has 0 aliphatic carbocycles. The third-order valence-electron chi connectivity index (χ3n) is 2.38. The van der Waals surface area contributed by atoms with Crippen molar-refractivity contribution < 1.29 is 9.53 Å². The van der Waals surface area contributed by atoms with Gasteiger partial charge in [0.05, 0.1) is 5.02 Å². The largest absolute Gasteiger partial charge is 0.482 e. The molecule has 0 fully saturated rings. The third-order valence-corrected chi connectivity index (χ3v) is 3.70. The summed E-state index contributed by atoms with van der Waals surface area (Å²) in [7, 11) is 0. The summed E-state index contributed by atoms with van der Waals surface area (Å²) in [6.45, 7) is -0.0998. The highest BCUT2D eigenvalue weighted by atomic mass is 79.9. The Morgan fingerprint density at radius 2 is 1.75 bits per heavy atom. The molecular weight excluding hydrogens is 409 g/mol. The molecule has 0 spiro atoms. The maximum Gasteiger partial charge on any atom is 0.262 e. The Labute approximate surface area is 138 Å². The summed E-state index contributed by atoms with van der Waals surface area (Å²) >= 11 is 12.6. The standard InChI is InChI=1S/C14H10Br2ClNO2/c15-9-1-4-11(5-2-9)18-14(19)8-20-13-6-3-10(16)7-12(13)17/h1-7H,8H2,(H,18,19). The molecule has 20 heavy (non-hydrogen) atoms. The first-order chi connectivity index (χ1) is 9.54. The Kier molecular flexibility index (Phi) is 5.46. The van der Waals surface area contributed by atoms with Gasteiger partial charge in [0, 0.05) is 14.6 Å². The number of anilines is 1. The molecule has 0 unspecified atom stereocenters. The van der Waals surface area contributed by atoms with Crippen LogP contribution in [0.1, 0.15) is 0 Å². The fraction of sp³-hybridized carbons (Fsp3) is 0.0714. The number of hydrogen-bond acceptors (Lipinski definition) is 2. The molecule has 0 radical (unpaired) electrons. The molecule has 0 saturated heterocycles. The minimum absolute atomic E-state index is 0.0998. The Morgan fingerprint density at radius 1 is 1.10 bits per heavy atom. The van der Waals surface area contributed by atoms with E-state index < -0.39 is 0 Å². The summed E-state index contributed by atoms with van der Waals surface area (Å²) in [5, 5.41) is 3.19. The summed E-state index contributed by atoms with van der Waals surface area (Å²) in [6.07, 6.45) is 0. The molecule has 0 atom stereocenters. The van der Waals surface area contributed by atoms with E-state index >= 15 is 0 Å². The Morgan fingerprint density at radius 3 is 2.40 bits per heavy atom. The van der Waals surface area contributed by atoms with E-state index in [4.69, 9.17) is 16.3 Å².